The highest BCUT2D eigenvalue weighted by atomic mass is 79.9. The third-order valence-electron chi connectivity index (χ3n) is 5.84. The van der Waals surface area contributed by atoms with Crippen LogP contribution in [0.2, 0.25) is 0 Å². The average Bonchev–Trinajstić information content (AvgIpc) is 2.83. The van der Waals surface area contributed by atoms with Gasteiger partial charge in [0.15, 0.2) is 0 Å². The van der Waals surface area contributed by atoms with E-state index in [0.717, 1.165) is 14.3 Å². The smallest absolute Gasteiger partial charge is 0.264 e. The molecule has 190 valence electrons. The molecule has 0 spiro atoms. The zero-order valence-electron chi connectivity index (χ0n) is 20.4. The van der Waals surface area contributed by atoms with Crippen molar-refractivity contribution in [2.24, 2.45) is 0 Å². The largest absolute Gasteiger partial charge is 0.494 e. The molecule has 36 heavy (non-hydrogen) atoms. The van der Waals surface area contributed by atoms with Crippen LogP contribution in [0, 0.1) is 0 Å². The summed E-state index contributed by atoms with van der Waals surface area (Å²) in [5, 5.41) is 3.04. The molecular weight excluding hydrogens is 544 g/mol. The van der Waals surface area contributed by atoms with Crippen LogP contribution < -0.4 is 19.1 Å². The third kappa shape index (κ3) is 5.84. The van der Waals surface area contributed by atoms with E-state index in [2.05, 4.69) is 21.2 Å². The number of anilines is 1. The summed E-state index contributed by atoms with van der Waals surface area (Å²) in [6.45, 7) is 5.91. The molecule has 1 aliphatic rings. The van der Waals surface area contributed by atoms with Gasteiger partial charge in [-0.15, -0.1) is 0 Å². The van der Waals surface area contributed by atoms with Gasteiger partial charge in [0.05, 0.1) is 23.2 Å². The van der Waals surface area contributed by atoms with E-state index in [4.69, 9.17) is 9.47 Å². The van der Waals surface area contributed by atoms with Gasteiger partial charge in [-0.2, -0.15) is 0 Å². The number of amides is 1. The van der Waals surface area contributed by atoms with Crippen LogP contribution in [0.3, 0.4) is 0 Å². The number of carbonyl (C=O) groups is 1. The molecule has 1 atom stereocenters. The van der Waals surface area contributed by atoms with Crippen molar-refractivity contribution in [2.75, 3.05) is 17.5 Å². The van der Waals surface area contributed by atoms with Crippen LogP contribution in [0.4, 0.5) is 5.69 Å². The maximum absolute atomic E-state index is 13.7. The lowest BCUT2D eigenvalue weighted by Crippen LogP contribution is -2.45. The van der Waals surface area contributed by atoms with Crippen LogP contribution in [-0.4, -0.2) is 33.1 Å². The Morgan fingerprint density at radius 2 is 1.75 bits per heavy atom. The minimum Gasteiger partial charge on any atom is -0.494 e. The predicted molar refractivity (Wildman–Crippen MR) is 143 cm³/mol. The van der Waals surface area contributed by atoms with Gasteiger partial charge in [-0.05, 0) is 75.4 Å². The molecule has 4 rings (SSSR count). The van der Waals surface area contributed by atoms with Gasteiger partial charge >= 0.3 is 0 Å². The molecule has 1 heterocycles. The quantitative estimate of drug-likeness (QED) is 0.387. The van der Waals surface area contributed by atoms with Gasteiger partial charge in [0.1, 0.15) is 23.6 Å². The second kappa shape index (κ2) is 10.5. The highest BCUT2D eigenvalue weighted by molar-refractivity contribution is 9.10. The molecule has 0 aromatic heterocycles. The number of nitrogens with one attached hydrogen (secondary N) is 1. The first-order chi connectivity index (χ1) is 17.1. The highest BCUT2D eigenvalue weighted by Gasteiger charge is 2.35. The van der Waals surface area contributed by atoms with E-state index in [1.807, 2.05) is 45.0 Å². The van der Waals surface area contributed by atoms with E-state index in [0.29, 0.717) is 30.2 Å². The SMILES string of the molecule is CCOc1ccc(N(CC(=O)NC2CC(C)(C)Oc3ccccc32)S(=O)(=O)c2ccc(Br)cc2)cc1. The maximum Gasteiger partial charge on any atom is 0.264 e. The first-order valence-electron chi connectivity index (χ1n) is 11.7. The summed E-state index contributed by atoms with van der Waals surface area (Å²) in [5.74, 6) is 0.916. The number of halogens is 1. The zero-order chi connectivity index (χ0) is 25.9. The molecule has 0 bridgehead atoms. The standard InChI is InChI=1S/C27H29BrN2O5S/c1-4-34-21-13-11-20(12-14-21)30(36(32,33)22-15-9-19(28)10-16-22)18-26(31)29-24-17-27(2,3)35-25-8-6-5-7-23(24)25/h5-16,24H,4,17-18H2,1-3H3,(H,29,31). The Kier molecular flexibility index (Phi) is 7.61. The lowest BCUT2D eigenvalue weighted by Gasteiger charge is -2.38. The number of hydrogen-bond acceptors (Lipinski definition) is 5. The van der Waals surface area contributed by atoms with E-state index in [1.54, 1.807) is 36.4 Å². The molecule has 7 nitrogen and oxygen atoms in total. The van der Waals surface area contributed by atoms with Crippen molar-refractivity contribution in [1.29, 1.82) is 0 Å². The van der Waals surface area contributed by atoms with Crippen LogP contribution in [0.5, 0.6) is 11.5 Å². The average molecular weight is 574 g/mol. The Hall–Kier alpha value is -3.04. The summed E-state index contributed by atoms with van der Waals surface area (Å²) in [6, 6.07) is 20.3. The summed E-state index contributed by atoms with van der Waals surface area (Å²) in [7, 11) is -4.03. The highest BCUT2D eigenvalue weighted by Crippen LogP contribution is 2.39. The normalized spacial score (nSPS) is 16.4. The third-order valence-corrected chi connectivity index (χ3v) is 8.15. The van der Waals surface area contributed by atoms with Crippen LogP contribution in [0.15, 0.2) is 82.2 Å². The Balaban J connectivity index is 1.64. The Bertz CT molecular complexity index is 1330. The van der Waals surface area contributed by atoms with Gasteiger partial charge in [-0.1, -0.05) is 34.1 Å². The first kappa shape index (κ1) is 26.0. The van der Waals surface area contributed by atoms with Crippen molar-refractivity contribution < 1.29 is 22.7 Å². The molecule has 1 amide bonds. The minimum atomic E-state index is -4.03. The fourth-order valence-electron chi connectivity index (χ4n) is 4.23. The van der Waals surface area contributed by atoms with Gasteiger partial charge in [-0.25, -0.2) is 8.42 Å². The molecule has 9 heteroatoms. The minimum absolute atomic E-state index is 0.0879. The van der Waals surface area contributed by atoms with Gasteiger partial charge in [0.2, 0.25) is 5.91 Å². The molecule has 1 N–H and O–H groups in total. The van der Waals surface area contributed by atoms with E-state index < -0.39 is 21.5 Å². The maximum atomic E-state index is 13.7. The number of hydrogen-bond donors (Lipinski definition) is 1. The van der Waals surface area contributed by atoms with Crippen molar-refractivity contribution in [3.05, 3.63) is 82.8 Å². The monoisotopic (exact) mass is 572 g/mol. The van der Waals surface area contributed by atoms with Crippen LogP contribution in [0.25, 0.3) is 0 Å². The van der Waals surface area contributed by atoms with Crippen LogP contribution in [-0.2, 0) is 14.8 Å². The number of sulfonamides is 1. The summed E-state index contributed by atoms with van der Waals surface area (Å²) in [4.78, 5) is 13.4. The molecule has 1 aliphatic heterocycles. The van der Waals surface area contributed by atoms with Crippen molar-refractivity contribution in [2.45, 2.75) is 43.7 Å². The van der Waals surface area contributed by atoms with Crippen molar-refractivity contribution in [3.8, 4) is 11.5 Å². The van der Waals surface area contributed by atoms with Gasteiger partial charge in [0.25, 0.3) is 10.0 Å². The van der Waals surface area contributed by atoms with Crippen LogP contribution in [0.1, 0.15) is 38.8 Å². The van der Waals surface area contributed by atoms with Gasteiger partial charge in [0, 0.05) is 16.5 Å². The zero-order valence-corrected chi connectivity index (χ0v) is 22.8. The molecule has 3 aromatic carbocycles. The first-order valence-corrected chi connectivity index (χ1v) is 13.9. The van der Waals surface area contributed by atoms with E-state index in [9.17, 15) is 13.2 Å². The van der Waals surface area contributed by atoms with E-state index in [-0.39, 0.29) is 17.5 Å². The topological polar surface area (TPSA) is 84.9 Å². The molecule has 0 fully saturated rings. The number of para-hydroxylation sites is 1. The molecule has 1 unspecified atom stereocenters. The number of ether oxygens (including phenoxy) is 2. The number of rotatable bonds is 8. The van der Waals surface area contributed by atoms with E-state index >= 15 is 0 Å². The lowest BCUT2D eigenvalue weighted by atomic mass is 9.89. The molecular formula is C27H29BrN2O5S. The second-order valence-corrected chi connectivity index (χ2v) is 11.9. The van der Waals surface area contributed by atoms with Gasteiger partial charge in [-0.3, -0.25) is 9.10 Å². The second-order valence-electron chi connectivity index (χ2n) is 9.12. The Morgan fingerprint density at radius 3 is 2.42 bits per heavy atom. The lowest BCUT2D eigenvalue weighted by molar-refractivity contribution is -0.120. The van der Waals surface area contributed by atoms with E-state index in [1.165, 1.54) is 12.1 Å². The fourth-order valence-corrected chi connectivity index (χ4v) is 5.91. The molecule has 0 radical (unpaired) electrons. The van der Waals surface area contributed by atoms with Crippen molar-refractivity contribution in [1.82, 2.24) is 5.32 Å². The van der Waals surface area contributed by atoms with Crippen molar-refractivity contribution >= 4 is 37.5 Å². The number of benzene rings is 3. The predicted octanol–water partition coefficient (Wildman–Crippen LogP) is 5.46. The Morgan fingerprint density at radius 1 is 1.08 bits per heavy atom. The summed E-state index contributed by atoms with van der Waals surface area (Å²) in [6.07, 6.45) is 0.554. The summed E-state index contributed by atoms with van der Waals surface area (Å²) >= 11 is 3.34. The van der Waals surface area contributed by atoms with Crippen molar-refractivity contribution in [3.63, 3.8) is 0 Å². The molecule has 0 aliphatic carbocycles. The summed E-state index contributed by atoms with van der Waals surface area (Å²) < 4.78 is 40.8. The van der Waals surface area contributed by atoms with Crippen LogP contribution >= 0.6 is 15.9 Å². The number of carbonyl (C=O) groups excluding carboxylic acids is 1. The Labute approximate surface area is 220 Å². The fraction of sp³-hybridized carbons (Fsp3) is 0.296. The number of fused-ring (bicyclic) bond motifs is 1. The molecule has 0 saturated heterocycles. The number of nitrogens with zero attached hydrogens (tertiary/aromatic N) is 1. The van der Waals surface area contributed by atoms with Gasteiger partial charge < -0.3 is 14.8 Å². The summed E-state index contributed by atoms with van der Waals surface area (Å²) in [5.41, 5.74) is 0.753. The molecule has 0 saturated carbocycles. The molecule has 3 aromatic rings.